The van der Waals surface area contributed by atoms with E-state index in [9.17, 15) is 28.9 Å². The number of carbonyl (C=O) groups excluding carboxylic acids is 1. The molecule has 1 aromatic heterocycles. The van der Waals surface area contributed by atoms with Gasteiger partial charge in [0.15, 0.2) is 11.5 Å². The smallest absolute Gasteiger partial charge is 0.395 e. The van der Waals surface area contributed by atoms with E-state index in [2.05, 4.69) is 14.8 Å². The number of fused-ring (bicyclic) bond motifs is 2. The molecule has 2 atom stereocenters. The molecule has 5 rings (SSSR count). The van der Waals surface area contributed by atoms with Gasteiger partial charge < -0.3 is 44.5 Å². The van der Waals surface area contributed by atoms with Gasteiger partial charge in [-0.3, -0.25) is 4.79 Å². The van der Waals surface area contributed by atoms with Crippen molar-refractivity contribution in [1.29, 1.82) is 0 Å². The third kappa shape index (κ3) is 6.31. The van der Waals surface area contributed by atoms with Crippen molar-refractivity contribution < 1.29 is 58.3 Å². The van der Waals surface area contributed by atoms with Gasteiger partial charge in [-0.05, 0) is 49.1 Å². The molecule has 2 aliphatic rings. The van der Waals surface area contributed by atoms with Crippen LogP contribution in [0.4, 0.5) is 18.9 Å². The second-order valence-corrected chi connectivity index (χ2v) is 11.8. The van der Waals surface area contributed by atoms with E-state index in [1.807, 2.05) is 19.9 Å². The number of benzene rings is 2. The van der Waals surface area contributed by atoms with E-state index in [1.54, 1.807) is 4.57 Å². The summed E-state index contributed by atoms with van der Waals surface area (Å²) < 4.78 is 58.7. The van der Waals surface area contributed by atoms with Crippen LogP contribution in [0.1, 0.15) is 50.1 Å². The monoisotopic (exact) mass is 616 g/mol. The van der Waals surface area contributed by atoms with Gasteiger partial charge in [-0.25, -0.2) is 4.39 Å². The van der Waals surface area contributed by atoms with Crippen molar-refractivity contribution >= 4 is 22.5 Å². The maximum atomic E-state index is 15.5. The minimum absolute atomic E-state index is 0. The van der Waals surface area contributed by atoms with Gasteiger partial charge >= 0.3 is 6.29 Å². The summed E-state index contributed by atoms with van der Waals surface area (Å²) in [6, 6.07) is 8.75. The zero-order chi connectivity index (χ0) is 31.2. The Morgan fingerprint density at radius 1 is 1.09 bits per heavy atom. The van der Waals surface area contributed by atoms with Crippen LogP contribution in [0, 0.1) is 5.82 Å². The highest BCUT2D eigenvalue weighted by atomic mass is 19.3. The van der Waals surface area contributed by atoms with E-state index >= 15 is 4.39 Å². The molecule has 13 heteroatoms. The largest absolute Gasteiger partial charge is 0.586 e. The number of carbonyl (C=O) groups is 1. The number of hydrogen-bond donors (Lipinski definition) is 5. The number of anilines is 1. The Morgan fingerprint density at radius 3 is 2.47 bits per heavy atom. The Balaban J connectivity index is 0.00000276. The first-order valence-corrected chi connectivity index (χ1v) is 14.0. The lowest BCUT2D eigenvalue weighted by Gasteiger charge is -2.28. The summed E-state index contributed by atoms with van der Waals surface area (Å²) in [4.78, 5) is 13.4. The second-order valence-electron chi connectivity index (χ2n) is 11.8. The number of nitrogens with zero attached hydrogens (tertiary/aromatic N) is 1. The normalized spacial score (nSPS) is 18.1. The summed E-state index contributed by atoms with van der Waals surface area (Å²) in [7, 11) is 0. The first-order chi connectivity index (χ1) is 20.3. The van der Waals surface area contributed by atoms with E-state index in [4.69, 9.17) is 9.84 Å². The van der Waals surface area contributed by atoms with Crippen LogP contribution in [0.3, 0.4) is 0 Å². The number of nitrogens with one attached hydrogen (secondary N) is 1. The molecule has 1 aliphatic heterocycles. The van der Waals surface area contributed by atoms with Crippen LogP contribution in [-0.4, -0.2) is 75.8 Å². The Kier molecular flexibility index (Phi) is 8.40. The fourth-order valence-corrected chi connectivity index (χ4v) is 5.39. The SMILES string of the molecule is CC(C)(CCOC[C@@H](O)CO)c1cc2cc(NC(=O)C3(c4ccc5c(c4)OC(F)(F)O5)CC3)c(F)cc2n1C[C@@H](O)CO.[HH].[HH].[HH].[HH]. The minimum Gasteiger partial charge on any atom is -0.395 e. The van der Waals surface area contributed by atoms with Crippen LogP contribution in [-0.2, 0) is 26.9 Å². The molecule has 1 fully saturated rings. The summed E-state index contributed by atoms with van der Waals surface area (Å²) in [6.45, 7) is 3.16. The number of amides is 1. The Bertz CT molecular complexity index is 1520. The minimum atomic E-state index is -3.79. The first kappa shape index (κ1) is 31.1. The van der Waals surface area contributed by atoms with Gasteiger partial charge in [0, 0.05) is 34.9 Å². The standard InChI is InChI=1S/C30H35F3N2O8.4H2/c1-28(2,7-8-41-16-20(39)15-37)26-10-17-9-22(21(31)12-23(17)35(26)13-19(38)14-36)34-27(40)29(5-6-29)18-3-4-24-25(11-18)43-30(32,33)42-24;;;;/h3-4,9-12,19-20,36-39H,5-8,13-16H2,1-2H3,(H,34,40);4*1H/t19-,20+;;;;/m1..../s1. The zero-order valence-electron chi connectivity index (χ0n) is 23.8. The Hall–Kier alpha value is -3.36. The van der Waals surface area contributed by atoms with Crippen LogP contribution in [0.25, 0.3) is 10.9 Å². The summed E-state index contributed by atoms with van der Waals surface area (Å²) in [5, 5.41) is 41.5. The average Bonchev–Trinajstić information content (AvgIpc) is 3.61. The number of aliphatic hydroxyl groups is 4. The highest BCUT2D eigenvalue weighted by Crippen LogP contribution is 2.52. The highest BCUT2D eigenvalue weighted by Gasteiger charge is 2.53. The molecule has 3 aromatic rings. The lowest BCUT2D eigenvalue weighted by molar-refractivity contribution is -0.286. The lowest BCUT2D eigenvalue weighted by atomic mass is 9.85. The molecule has 1 aliphatic carbocycles. The maximum absolute atomic E-state index is 15.5. The van der Waals surface area contributed by atoms with Crippen molar-refractivity contribution in [2.45, 2.75) is 69.0 Å². The third-order valence-corrected chi connectivity index (χ3v) is 8.07. The molecule has 1 amide bonds. The van der Waals surface area contributed by atoms with E-state index in [-0.39, 0.29) is 42.7 Å². The molecule has 2 aromatic carbocycles. The van der Waals surface area contributed by atoms with Gasteiger partial charge in [-0.1, -0.05) is 19.9 Å². The van der Waals surface area contributed by atoms with Crippen molar-refractivity contribution in [1.82, 2.24) is 4.57 Å². The molecule has 2 heterocycles. The van der Waals surface area contributed by atoms with Gasteiger partial charge in [-0.2, -0.15) is 0 Å². The van der Waals surface area contributed by atoms with Gasteiger partial charge in [0.05, 0.1) is 49.1 Å². The van der Waals surface area contributed by atoms with Crippen LogP contribution in [0.15, 0.2) is 36.4 Å². The molecular formula is C30H43F3N2O8. The van der Waals surface area contributed by atoms with Gasteiger partial charge in [0.2, 0.25) is 5.91 Å². The highest BCUT2D eigenvalue weighted by molar-refractivity contribution is 6.03. The van der Waals surface area contributed by atoms with Crippen molar-refractivity contribution in [3.05, 3.63) is 53.5 Å². The molecule has 0 bridgehead atoms. The van der Waals surface area contributed by atoms with Gasteiger partial charge in [0.25, 0.3) is 0 Å². The first-order valence-electron chi connectivity index (χ1n) is 14.0. The van der Waals surface area contributed by atoms with E-state index in [1.165, 1.54) is 30.3 Å². The fraction of sp³-hybridized carbons (Fsp3) is 0.500. The maximum Gasteiger partial charge on any atom is 0.586 e. The van der Waals surface area contributed by atoms with Gasteiger partial charge in [-0.15, -0.1) is 8.78 Å². The number of rotatable bonds is 13. The quantitative estimate of drug-likeness (QED) is 0.180. The van der Waals surface area contributed by atoms with Gasteiger partial charge in [0.1, 0.15) is 11.9 Å². The lowest BCUT2D eigenvalue weighted by Crippen LogP contribution is -2.29. The van der Waals surface area contributed by atoms with Crippen LogP contribution < -0.4 is 14.8 Å². The van der Waals surface area contributed by atoms with Crippen molar-refractivity contribution in [2.75, 3.05) is 31.7 Å². The molecule has 0 unspecified atom stereocenters. The number of ether oxygens (including phenoxy) is 3. The molecule has 43 heavy (non-hydrogen) atoms. The van der Waals surface area contributed by atoms with E-state index < -0.39 is 54.3 Å². The molecule has 0 saturated heterocycles. The summed E-state index contributed by atoms with van der Waals surface area (Å²) in [6.07, 6.45) is -4.54. The van der Waals surface area contributed by atoms with Crippen LogP contribution in [0.2, 0.25) is 0 Å². The number of aliphatic hydroxyl groups excluding tert-OH is 4. The number of halogens is 3. The summed E-state index contributed by atoms with van der Waals surface area (Å²) >= 11 is 0. The molecule has 1 saturated carbocycles. The molecule has 10 nitrogen and oxygen atoms in total. The number of alkyl halides is 2. The average molecular weight is 617 g/mol. The molecular weight excluding hydrogens is 573 g/mol. The van der Waals surface area contributed by atoms with Crippen LogP contribution in [0.5, 0.6) is 11.5 Å². The fourth-order valence-electron chi connectivity index (χ4n) is 5.39. The third-order valence-electron chi connectivity index (χ3n) is 8.07. The molecule has 0 radical (unpaired) electrons. The molecule has 0 spiro atoms. The Morgan fingerprint density at radius 2 is 1.79 bits per heavy atom. The topological polar surface area (TPSA) is 143 Å². The Labute approximate surface area is 251 Å². The van der Waals surface area contributed by atoms with Crippen molar-refractivity contribution in [3.8, 4) is 11.5 Å². The van der Waals surface area contributed by atoms with E-state index in [0.29, 0.717) is 35.7 Å². The summed E-state index contributed by atoms with van der Waals surface area (Å²) in [5.41, 5.74) is -0.0477. The molecule has 242 valence electrons. The van der Waals surface area contributed by atoms with Crippen LogP contribution >= 0.6 is 0 Å². The van der Waals surface area contributed by atoms with Crippen molar-refractivity contribution in [2.24, 2.45) is 0 Å². The predicted molar refractivity (Wildman–Crippen MR) is 157 cm³/mol. The van der Waals surface area contributed by atoms with E-state index in [0.717, 1.165) is 5.69 Å². The zero-order valence-corrected chi connectivity index (χ0v) is 23.8. The number of aromatic nitrogens is 1. The second kappa shape index (κ2) is 11.6. The van der Waals surface area contributed by atoms with Crippen molar-refractivity contribution in [3.63, 3.8) is 0 Å². The number of hydrogen-bond acceptors (Lipinski definition) is 8. The predicted octanol–water partition coefficient (Wildman–Crippen LogP) is 4.15. The summed E-state index contributed by atoms with van der Waals surface area (Å²) in [5.74, 6) is -1.52. The molecule has 5 N–H and O–H groups in total.